The molecule has 1 saturated heterocycles. The van der Waals surface area contributed by atoms with Gasteiger partial charge in [0.25, 0.3) is 5.89 Å². The summed E-state index contributed by atoms with van der Waals surface area (Å²) in [5.41, 5.74) is -0.967. The number of nitrogens with zero attached hydrogens (tertiary/aromatic N) is 2. The Labute approximate surface area is 127 Å². The van der Waals surface area contributed by atoms with E-state index in [2.05, 4.69) is 31.4 Å². The molecule has 8 heteroatoms. The minimum absolute atomic E-state index is 0.0707. The quantitative estimate of drug-likeness (QED) is 0.805. The maximum atomic E-state index is 13.5. The van der Waals surface area contributed by atoms with Gasteiger partial charge in [0.05, 0.1) is 4.47 Å². The van der Waals surface area contributed by atoms with Gasteiger partial charge in [-0.25, -0.2) is 8.78 Å². The first kappa shape index (κ1) is 14.6. The van der Waals surface area contributed by atoms with Crippen LogP contribution in [-0.4, -0.2) is 28.3 Å². The van der Waals surface area contributed by atoms with E-state index in [-0.39, 0.29) is 21.8 Å². The second-order valence-electron chi connectivity index (χ2n) is 4.96. The average Bonchev–Trinajstić information content (AvgIpc) is 2.96. The Morgan fingerprint density at radius 3 is 2.90 bits per heavy atom. The van der Waals surface area contributed by atoms with Crippen molar-refractivity contribution < 1.29 is 18.4 Å². The summed E-state index contributed by atoms with van der Waals surface area (Å²) < 4.78 is 31.7. The van der Waals surface area contributed by atoms with Crippen LogP contribution in [0.2, 0.25) is 0 Å². The van der Waals surface area contributed by atoms with E-state index in [1.165, 1.54) is 6.07 Å². The molecule has 1 aromatic carbocycles. The van der Waals surface area contributed by atoms with Crippen LogP contribution in [0, 0.1) is 11.6 Å². The van der Waals surface area contributed by atoms with E-state index in [4.69, 9.17) is 4.52 Å². The van der Waals surface area contributed by atoms with Gasteiger partial charge in [-0.3, -0.25) is 0 Å². The van der Waals surface area contributed by atoms with E-state index in [1.807, 2.05) is 0 Å². The Hall–Kier alpha value is -1.38. The van der Waals surface area contributed by atoms with Gasteiger partial charge in [0, 0.05) is 12.1 Å². The third-order valence-corrected chi connectivity index (χ3v) is 4.24. The van der Waals surface area contributed by atoms with Gasteiger partial charge in [0.2, 0.25) is 5.82 Å². The molecule has 5 nitrogen and oxygen atoms in total. The van der Waals surface area contributed by atoms with Crippen molar-refractivity contribution in [3.63, 3.8) is 0 Å². The summed E-state index contributed by atoms with van der Waals surface area (Å²) in [5, 5.41) is 17.3. The number of nitrogens with one attached hydrogen (secondary N) is 1. The third kappa shape index (κ3) is 2.58. The molecular weight excluding hydrogens is 348 g/mol. The predicted molar refractivity (Wildman–Crippen MR) is 73.4 cm³/mol. The molecule has 2 N–H and O–H groups in total. The highest BCUT2D eigenvalue weighted by molar-refractivity contribution is 9.10. The first-order valence-corrected chi connectivity index (χ1v) is 7.22. The first-order valence-electron chi connectivity index (χ1n) is 6.42. The summed E-state index contributed by atoms with van der Waals surface area (Å²) in [6.07, 6.45) is 1.28. The number of aromatic nitrogens is 2. The molecule has 1 unspecified atom stereocenters. The van der Waals surface area contributed by atoms with Crippen molar-refractivity contribution in [3.05, 3.63) is 34.1 Å². The molecular formula is C13H12BrF2N3O2. The summed E-state index contributed by atoms with van der Waals surface area (Å²) in [6.45, 7) is 1.13. The molecule has 2 heterocycles. The molecule has 1 atom stereocenters. The molecule has 21 heavy (non-hydrogen) atoms. The molecule has 1 fully saturated rings. The summed E-state index contributed by atoms with van der Waals surface area (Å²) >= 11 is 2.97. The SMILES string of the molecule is OC1(c2nc(-c3ccc(F)c(F)c3Br)no2)CCCNC1. The Bertz CT molecular complexity index is 671. The standard InChI is InChI=1S/C13H12BrF2N3O2/c14-9-7(2-3-8(15)10(9)16)11-18-12(21-19-11)13(20)4-1-5-17-6-13/h2-3,17,20H,1,4-6H2. The number of halogens is 3. The molecule has 1 aromatic heterocycles. The number of hydrogen-bond donors (Lipinski definition) is 2. The largest absolute Gasteiger partial charge is 0.379 e. The molecule has 0 saturated carbocycles. The van der Waals surface area contributed by atoms with Crippen LogP contribution in [0.5, 0.6) is 0 Å². The van der Waals surface area contributed by atoms with Gasteiger partial charge in [-0.05, 0) is 47.4 Å². The number of benzene rings is 1. The maximum absolute atomic E-state index is 13.5. The molecule has 112 valence electrons. The van der Waals surface area contributed by atoms with E-state index >= 15 is 0 Å². The Morgan fingerprint density at radius 2 is 2.19 bits per heavy atom. The zero-order valence-corrected chi connectivity index (χ0v) is 12.5. The lowest BCUT2D eigenvalue weighted by Crippen LogP contribution is -2.43. The lowest BCUT2D eigenvalue weighted by Gasteiger charge is -2.28. The lowest BCUT2D eigenvalue weighted by atomic mass is 9.94. The van der Waals surface area contributed by atoms with Gasteiger partial charge < -0.3 is 14.9 Å². The van der Waals surface area contributed by atoms with E-state index in [1.54, 1.807) is 0 Å². The summed E-state index contributed by atoms with van der Waals surface area (Å²) in [7, 11) is 0. The van der Waals surface area contributed by atoms with Crippen LogP contribution < -0.4 is 5.32 Å². The van der Waals surface area contributed by atoms with Crippen molar-refractivity contribution in [1.29, 1.82) is 0 Å². The van der Waals surface area contributed by atoms with Gasteiger partial charge in [-0.2, -0.15) is 4.98 Å². The Balaban J connectivity index is 1.97. The van der Waals surface area contributed by atoms with Gasteiger partial charge >= 0.3 is 0 Å². The fraction of sp³-hybridized carbons (Fsp3) is 0.385. The molecule has 1 aliphatic heterocycles. The number of β-amino-alcohol motifs (C(OH)–C–C–N with tert-alkyl or cyclic N) is 1. The Kier molecular flexibility index (Phi) is 3.76. The lowest BCUT2D eigenvalue weighted by molar-refractivity contribution is -0.0167. The predicted octanol–water partition coefficient (Wildman–Crippen LogP) is 2.35. The normalized spacial score (nSPS) is 22.5. The summed E-state index contributed by atoms with van der Waals surface area (Å²) in [5.74, 6) is -1.82. The molecule has 2 aromatic rings. The van der Waals surface area contributed by atoms with E-state index < -0.39 is 17.2 Å². The first-order chi connectivity index (χ1) is 10.0. The second-order valence-corrected chi connectivity index (χ2v) is 5.75. The van der Waals surface area contributed by atoms with Crippen molar-refractivity contribution >= 4 is 15.9 Å². The smallest absolute Gasteiger partial charge is 0.260 e. The van der Waals surface area contributed by atoms with Gasteiger partial charge in [-0.15, -0.1) is 0 Å². The molecule has 0 aliphatic carbocycles. The van der Waals surface area contributed by atoms with Gasteiger partial charge in [0.1, 0.15) is 0 Å². The highest BCUT2D eigenvalue weighted by Crippen LogP contribution is 2.32. The van der Waals surface area contributed by atoms with Crippen LogP contribution in [-0.2, 0) is 5.60 Å². The monoisotopic (exact) mass is 359 g/mol. The Morgan fingerprint density at radius 1 is 1.38 bits per heavy atom. The number of rotatable bonds is 2. The number of hydrogen-bond acceptors (Lipinski definition) is 5. The van der Waals surface area contributed by atoms with E-state index in [0.717, 1.165) is 19.0 Å². The van der Waals surface area contributed by atoms with Crippen LogP contribution in [0.1, 0.15) is 18.7 Å². The number of aliphatic hydroxyl groups is 1. The van der Waals surface area contributed by atoms with E-state index in [0.29, 0.717) is 13.0 Å². The fourth-order valence-electron chi connectivity index (χ4n) is 2.29. The summed E-state index contributed by atoms with van der Waals surface area (Å²) in [6, 6.07) is 2.34. The van der Waals surface area contributed by atoms with Crippen molar-refractivity contribution in [2.45, 2.75) is 18.4 Å². The highest BCUT2D eigenvalue weighted by Gasteiger charge is 2.37. The molecule has 3 rings (SSSR count). The van der Waals surface area contributed by atoms with Crippen molar-refractivity contribution in [2.75, 3.05) is 13.1 Å². The van der Waals surface area contributed by atoms with Crippen LogP contribution in [0.25, 0.3) is 11.4 Å². The number of piperidine rings is 1. The van der Waals surface area contributed by atoms with Crippen molar-refractivity contribution in [1.82, 2.24) is 15.5 Å². The van der Waals surface area contributed by atoms with Crippen LogP contribution in [0.4, 0.5) is 8.78 Å². The molecule has 0 spiro atoms. The zero-order valence-electron chi connectivity index (χ0n) is 10.9. The fourth-order valence-corrected chi connectivity index (χ4v) is 2.79. The van der Waals surface area contributed by atoms with Crippen LogP contribution >= 0.6 is 15.9 Å². The summed E-state index contributed by atoms with van der Waals surface area (Å²) in [4.78, 5) is 4.12. The molecule has 0 bridgehead atoms. The maximum Gasteiger partial charge on any atom is 0.260 e. The average molecular weight is 360 g/mol. The van der Waals surface area contributed by atoms with Crippen LogP contribution in [0.15, 0.2) is 21.1 Å². The third-order valence-electron chi connectivity index (χ3n) is 3.46. The van der Waals surface area contributed by atoms with E-state index in [9.17, 15) is 13.9 Å². The molecule has 0 amide bonds. The minimum Gasteiger partial charge on any atom is -0.379 e. The van der Waals surface area contributed by atoms with Gasteiger partial charge in [-0.1, -0.05) is 5.16 Å². The minimum atomic E-state index is -1.23. The van der Waals surface area contributed by atoms with Gasteiger partial charge in [0.15, 0.2) is 17.2 Å². The molecule has 0 radical (unpaired) electrons. The molecule has 1 aliphatic rings. The van der Waals surface area contributed by atoms with Crippen molar-refractivity contribution in [3.8, 4) is 11.4 Å². The van der Waals surface area contributed by atoms with Crippen LogP contribution in [0.3, 0.4) is 0 Å². The zero-order chi connectivity index (χ0) is 15.0. The second kappa shape index (κ2) is 5.43. The highest BCUT2D eigenvalue weighted by atomic mass is 79.9. The van der Waals surface area contributed by atoms with Crippen molar-refractivity contribution in [2.24, 2.45) is 0 Å². The topological polar surface area (TPSA) is 71.2 Å².